The monoisotopic (exact) mass is 556 g/mol. The second-order valence-electron chi connectivity index (χ2n) is 9.46. The van der Waals surface area contributed by atoms with Crippen LogP contribution < -0.4 is 10.4 Å². The molecule has 1 heterocycles. The van der Waals surface area contributed by atoms with Crippen molar-refractivity contribution < 1.29 is 0 Å². The number of halogens is 2. The molecule has 2 unspecified atom stereocenters. The van der Waals surface area contributed by atoms with Crippen LogP contribution >= 0.6 is 43.6 Å². The number of rotatable bonds is 2. The minimum atomic E-state index is -1.86. The third kappa shape index (κ3) is 2.83. The molecule has 2 atom stereocenters. The summed E-state index contributed by atoms with van der Waals surface area (Å²) in [5, 5.41) is 5.09. The normalized spacial score (nSPS) is 22.1. The maximum Gasteiger partial charge on any atom is 0.0934 e. The lowest BCUT2D eigenvalue weighted by molar-refractivity contribution is 1.08. The molecule has 2 aromatic carbocycles. The van der Waals surface area contributed by atoms with Crippen LogP contribution in [0.15, 0.2) is 49.3 Å². The topological polar surface area (TPSA) is 0 Å². The molecule has 30 heavy (non-hydrogen) atoms. The zero-order valence-corrected chi connectivity index (χ0v) is 23.3. The van der Waals surface area contributed by atoms with Crippen LogP contribution in [-0.2, 0) is 0 Å². The molecule has 0 aromatic heterocycles. The van der Waals surface area contributed by atoms with Crippen molar-refractivity contribution in [2.75, 3.05) is 0 Å². The summed E-state index contributed by atoms with van der Waals surface area (Å²) in [6.45, 7) is 14.4. The van der Waals surface area contributed by atoms with Crippen LogP contribution in [0.3, 0.4) is 0 Å². The number of thioether (sulfide) groups is 1. The number of allylic oxidation sites excluding steroid dienone is 2. The summed E-state index contributed by atoms with van der Waals surface area (Å²) < 4.78 is 2.51. The van der Waals surface area contributed by atoms with E-state index in [0.29, 0.717) is 10.8 Å². The number of hydrogen-bond donors (Lipinski definition) is 0. The van der Waals surface area contributed by atoms with Crippen molar-refractivity contribution in [3.63, 3.8) is 0 Å². The highest BCUT2D eigenvalue weighted by atomic mass is 79.9. The van der Waals surface area contributed by atoms with Crippen LogP contribution in [0.25, 0.3) is 22.9 Å². The van der Waals surface area contributed by atoms with Gasteiger partial charge in [0.25, 0.3) is 0 Å². The van der Waals surface area contributed by atoms with Crippen LogP contribution in [0.5, 0.6) is 0 Å². The van der Waals surface area contributed by atoms with Gasteiger partial charge in [0, 0.05) is 29.9 Å². The standard InChI is InChI=1S/C26H26Br2SSi/c1-13-10-18-17(8-7-9-21(18)27)25(13)30(5,6)26-14(2)11-19-20(26)12-22-23(24(19)28)15(3)16(4)29-22/h7-12,16,25H,1-6H3. The van der Waals surface area contributed by atoms with E-state index < -0.39 is 8.07 Å². The lowest BCUT2D eigenvalue weighted by Crippen LogP contribution is -2.40. The third-order valence-corrected chi connectivity index (χ3v) is 14.2. The Kier molecular flexibility index (Phi) is 4.98. The molecule has 0 nitrogen and oxygen atoms in total. The SMILES string of the molecule is CC1=Cc2c(Br)c3c(cc2=C1[Si](C)(C)C1C(C)=Cc2c(Br)cccc21)SC(C)C=3C. The molecule has 0 radical (unpaired) electrons. The van der Waals surface area contributed by atoms with Crippen molar-refractivity contribution in [2.45, 2.75) is 56.5 Å². The van der Waals surface area contributed by atoms with Gasteiger partial charge in [0.1, 0.15) is 0 Å². The average molecular weight is 558 g/mol. The van der Waals surface area contributed by atoms with E-state index >= 15 is 0 Å². The van der Waals surface area contributed by atoms with Gasteiger partial charge in [-0.2, -0.15) is 0 Å². The van der Waals surface area contributed by atoms with Crippen LogP contribution in [-0.4, -0.2) is 13.3 Å². The maximum absolute atomic E-state index is 4.01. The van der Waals surface area contributed by atoms with Gasteiger partial charge >= 0.3 is 0 Å². The highest BCUT2D eigenvalue weighted by Gasteiger charge is 2.43. The van der Waals surface area contributed by atoms with E-state index in [0.717, 1.165) is 0 Å². The lowest BCUT2D eigenvalue weighted by Gasteiger charge is -2.34. The van der Waals surface area contributed by atoms with Gasteiger partial charge < -0.3 is 0 Å². The summed E-state index contributed by atoms with van der Waals surface area (Å²) >= 11 is 9.81. The average Bonchev–Trinajstić information content (AvgIpc) is 3.28. The zero-order chi connectivity index (χ0) is 21.5. The van der Waals surface area contributed by atoms with Crippen LogP contribution in [0.1, 0.15) is 49.9 Å². The quantitative estimate of drug-likeness (QED) is 0.346. The Labute approximate surface area is 201 Å². The molecule has 5 rings (SSSR count). The molecule has 0 amide bonds. The molecule has 0 fully saturated rings. The Hall–Kier alpha value is -0.813. The minimum Gasteiger partial charge on any atom is -0.118 e. The predicted molar refractivity (Wildman–Crippen MR) is 143 cm³/mol. The minimum absolute atomic E-state index is 0.515. The molecule has 2 aromatic rings. The van der Waals surface area contributed by atoms with E-state index in [9.17, 15) is 0 Å². The van der Waals surface area contributed by atoms with Gasteiger partial charge in [0.15, 0.2) is 0 Å². The first-order valence-corrected chi connectivity index (χ1v) is 16.1. The van der Waals surface area contributed by atoms with Gasteiger partial charge in [0.05, 0.1) is 8.07 Å². The smallest absolute Gasteiger partial charge is 0.0934 e. The zero-order valence-electron chi connectivity index (χ0n) is 18.3. The molecule has 2 aliphatic carbocycles. The molecule has 4 heteroatoms. The van der Waals surface area contributed by atoms with Crippen molar-refractivity contribution in [1.82, 2.24) is 0 Å². The molecule has 154 valence electrons. The Morgan fingerprint density at radius 2 is 1.73 bits per heavy atom. The summed E-state index contributed by atoms with van der Waals surface area (Å²) in [4.78, 5) is 1.44. The molecular weight excluding hydrogens is 532 g/mol. The number of fused-ring (bicyclic) bond motifs is 3. The van der Waals surface area contributed by atoms with Gasteiger partial charge in [-0.05, 0) is 82.9 Å². The van der Waals surface area contributed by atoms with E-state index in [1.54, 1.807) is 5.20 Å². The summed E-state index contributed by atoms with van der Waals surface area (Å²) in [6, 6.07) is 9.21. The number of benzene rings is 2. The van der Waals surface area contributed by atoms with E-state index in [1.807, 2.05) is 11.8 Å². The second-order valence-corrected chi connectivity index (χ2v) is 17.0. The highest BCUT2D eigenvalue weighted by Crippen LogP contribution is 2.49. The Bertz CT molecular complexity index is 1310. The molecule has 3 aliphatic rings. The summed E-state index contributed by atoms with van der Waals surface area (Å²) in [7, 11) is -1.86. The molecule has 1 aliphatic heterocycles. The van der Waals surface area contributed by atoms with Crippen LogP contribution in [0.4, 0.5) is 0 Å². The van der Waals surface area contributed by atoms with Gasteiger partial charge in [-0.15, -0.1) is 11.8 Å². The van der Waals surface area contributed by atoms with Crippen molar-refractivity contribution in [3.05, 3.63) is 71.5 Å². The molecular formula is C26H26Br2SSi. The van der Waals surface area contributed by atoms with Crippen molar-refractivity contribution >= 4 is 74.6 Å². The fourth-order valence-corrected chi connectivity index (χ4v) is 13.2. The summed E-state index contributed by atoms with van der Waals surface area (Å²) in [5.41, 5.74) is 9.25. The first kappa shape index (κ1) is 21.1. The van der Waals surface area contributed by atoms with Gasteiger partial charge in [0.2, 0.25) is 0 Å². The molecule has 0 bridgehead atoms. The maximum atomic E-state index is 4.01. The van der Waals surface area contributed by atoms with Crippen LogP contribution in [0, 0.1) is 0 Å². The first-order valence-electron chi connectivity index (χ1n) is 10.5. The van der Waals surface area contributed by atoms with E-state index in [1.165, 1.54) is 57.7 Å². The fourth-order valence-electron chi connectivity index (χ4n) is 5.91. The first-order chi connectivity index (χ1) is 14.1. The van der Waals surface area contributed by atoms with Gasteiger partial charge in [-0.1, -0.05) is 70.0 Å². The predicted octanol–water partition coefficient (Wildman–Crippen LogP) is 7.43. The van der Waals surface area contributed by atoms with Crippen LogP contribution in [0.2, 0.25) is 13.1 Å². The Morgan fingerprint density at radius 1 is 1.00 bits per heavy atom. The van der Waals surface area contributed by atoms with Crippen molar-refractivity contribution in [2.24, 2.45) is 0 Å². The van der Waals surface area contributed by atoms with E-state index in [2.05, 4.69) is 109 Å². The third-order valence-electron chi connectivity index (χ3n) is 7.19. The highest BCUT2D eigenvalue weighted by molar-refractivity contribution is 9.10. The van der Waals surface area contributed by atoms with E-state index in [4.69, 9.17) is 0 Å². The van der Waals surface area contributed by atoms with Gasteiger partial charge in [-0.3, -0.25) is 0 Å². The summed E-state index contributed by atoms with van der Waals surface area (Å²) in [5.74, 6) is 0. The lowest BCUT2D eigenvalue weighted by atomic mass is 10.1. The van der Waals surface area contributed by atoms with Gasteiger partial charge in [-0.25, -0.2) is 0 Å². The molecule has 0 saturated carbocycles. The van der Waals surface area contributed by atoms with E-state index in [-0.39, 0.29) is 0 Å². The molecule has 0 saturated heterocycles. The number of hydrogen-bond acceptors (Lipinski definition) is 1. The molecule has 0 N–H and O–H groups in total. The summed E-state index contributed by atoms with van der Waals surface area (Å²) in [6.07, 6.45) is 4.84. The Morgan fingerprint density at radius 3 is 2.47 bits per heavy atom. The Balaban J connectivity index is 1.78. The van der Waals surface area contributed by atoms with Crippen molar-refractivity contribution in [1.29, 1.82) is 0 Å². The fraction of sp³-hybridized carbons (Fsp3) is 0.308. The largest absolute Gasteiger partial charge is 0.118 e. The van der Waals surface area contributed by atoms with Crippen molar-refractivity contribution in [3.8, 4) is 0 Å². The second kappa shape index (κ2) is 7.10. The molecule has 0 spiro atoms.